The lowest BCUT2D eigenvalue weighted by Crippen LogP contribution is -2.38. The van der Waals surface area contributed by atoms with E-state index in [0.717, 1.165) is 104 Å². The molecule has 0 saturated carbocycles. The number of fused-ring (bicyclic) bond motifs is 10. The van der Waals surface area contributed by atoms with Crippen LogP contribution in [0.4, 0.5) is 11.4 Å². The zero-order valence-corrected chi connectivity index (χ0v) is 45.5. The van der Waals surface area contributed by atoms with E-state index in [4.69, 9.17) is 9.47 Å². The third kappa shape index (κ3) is 10.6. The number of Topliss-reactive ketones (excluding diaryl/α,β-unsaturated/α-hetero) is 2. The van der Waals surface area contributed by atoms with Crippen LogP contribution in [0.25, 0.3) is 33.0 Å². The summed E-state index contributed by atoms with van der Waals surface area (Å²) in [6, 6.07) is 34.4. The third-order valence-corrected chi connectivity index (χ3v) is 18.2. The van der Waals surface area contributed by atoms with E-state index >= 15 is 0 Å². The predicted molar refractivity (Wildman–Crippen MR) is 304 cm³/mol. The minimum atomic E-state index is -0.391. The number of nitrogens with zero attached hydrogens (tertiary/aromatic N) is 4. The van der Waals surface area contributed by atoms with E-state index in [0.29, 0.717) is 32.2 Å². The summed E-state index contributed by atoms with van der Waals surface area (Å²) < 4.78 is 17.9. The number of aromatic nitrogens is 2. The average molecular weight is 1080 g/mol. The molecule has 0 bridgehead atoms. The number of unbranched alkanes of at least 4 members (excludes halogenated alkanes) is 4. The molecule has 4 aromatic carbocycles. The number of pyridine rings is 2. The number of amides is 3. The fraction of sp³-hybridized carbons (Fsp3) is 0.371. The van der Waals surface area contributed by atoms with Gasteiger partial charge in [0.25, 0.3) is 0 Å². The van der Waals surface area contributed by atoms with Gasteiger partial charge >= 0.3 is 0 Å². The topological polar surface area (TPSA) is 154 Å². The maximum atomic E-state index is 12.6. The van der Waals surface area contributed by atoms with Crippen molar-refractivity contribution in [3.05, 3.63) is 131 Å². The van der Waals surface area contributed by atoms with Crippen LogP contribution in [0.2, 0.25) is 0 Å². The van der Waals surface area contributed by atoms with Crippen LogP contribution in [0.3, 0.4) is 0 Å². The molecule has 400 valence electrons. The number of thioether (sulfide) groups is 2. The Balaban J connectivity index is 0.498. The smallest absolute Gasteiger partial charge is 0.220 e. The summed E-state index contributed by atoms with van der Waals surface area (Å²) in [4.78, 5) is 70.1. The van der Waals surface area contributed by atoms with Crippen LogP contribution in [-0.2, 0) is 37.1 Å². The van der Waals surface area contributed by atoms with E-state index in [1.165, 1.54) is 53.5 Å². The summed E-state index contributed by atoms with van der Waals surface area (Å²) in [5.74, 6) is 0.878. The van der Waals surface area contributed by atoms with Gasteiger partial charge in [-0.05, 0) is 68.5 Å². The lowest BCUT2D eigenvalue weighted by Gasteiger charge is -2.37. The fourth-order valence-corrected chi connectivity index (χ4v) is 14.5. The highest BCUT2D eigenvalue weighted by molar-refractivity contribution is 8.04. The van der Waals surface area contributed by atoms with Crippen LogP contribution in [0.5, 0.6) is 11.5 Å². The Morgan fingerprint density at radius 2 is 0.987 bits per heavy atom. The normalized spacial score (nSPS) is 17.1. The Hall–Kier alpha value is -7.17. The van der Waals surface area contributed by atoms with Crippen molar-refractivity contribution in [2.75, 3.05) is 42.5 Å². The van der Waals surface area contributed by atoms with Gasteiger partial charge in [0.05, 0.1) is 45.3 Å². The van der Waals surface area contributed by atoms with E-state index in [-0.39, 0.29) is 67.9 Å². The molecule has 3 N–H and O–H groups in total. The van der Waals surface area contributed by atoms with Gasteiger partial charge in [-0.25, -0.2) is 0 Å². The Kier molecular flexibility index (Phi) is 15.2. The number of para-hydroxylation sites is 2. The van der Waals surface area contributed by atoms with Crippen LogP contribution in [-0.4, -0.2) is 74.2 Å². The zero-order valence-electron chi connectivity index (χ0n) is 43.9. The highest BCUT2D eigenvalue weighted by Gasteiger charge is 2.42. The molecule has 3 amide bonds. The van der Waals surface area contributed by atoms with Crippen molar-refractivity contribution in [1.29, 1.82) is 0 Å². The lowest BCUT2D eigenvalue weighted by atomic mass is 9.90. The second-order valence-electron chi connectivity index (χ2n) is 21.0. The summed E-state index contributed by atoms with van der Waals surface area (Å²) in [6.45, 7) is 3.64. The Labute approximate surface area is 463 Å². The van der Waals surface area contributed by atoms with Gasteiger partial charge in [-0.15, -0.1) is 0 Å². The summed E-state index contributed by atoms with van der Waals surface area (Å²) in [7, 11) is 0. The molecule has 0 saturated heterocycles. The van der Waals surface area contributed by atoms with E-state index in [2.05, 4.69) is 144 Å². The molecule has 0 fully saturated rings. The summed E-state index contributed by atoms with van der Waals surface area (Å²) in [5.41, 5.74) is 9.91. The lowest BCUT2D eigenvalue weighted by molar-refractivity contribution is -0.672. The number of ketones is 2. The molecule has 0 radical (unpaired) electrons. The van der Waals surface area contributed by atoms with Crippen molar-refractivity contribution in [2.45, 2.75) is 125 Å². The number of hydrogen-bond donors (Lipinski definition) is 3. The number of hydrogen-bond acceptors (Lipinski definition) is 11. The monoisotopic (exact) mass is 1080 g/mol. The highest BCUT2D eigenvalue weighted by Crippen LogP contribution is 2.56. The fourth-order valence-electron chi connectivity index (χ4n) is 11.9. The second-order valence-corrected chi connectivity index (χ2v) is 23.1. The summed E-state index contributed by atoms with van der Waals surface area (Å²) in [5, 5.41) is 13.1. The Morgan fingerprint density at radius 3 is 1.53 bits per heavy atom. The molecule has 2 atom stereocenters. The van der Waals surface area contributed by atoms with Crippen LogP contribution in [0.1, 0.15) is 101 Å². The summed E-state index contributed by atoms with van der Waals surface area (Å²) in [6.07, 6.45) is 12.7. The minimum Gasteiger partial charge on any atom is -0.485 e. The van der Waals surface area contributed by atoms with Crippen LogP contribution >= 0.6 is 23.5 Å². The number of nitrogens with one attached hydrogen (secondary N) is 3. The van der Waals surface area contributed by atoms with Crippen LogP contribution in [0, 0.1) is 0 Å². The molecule has 12 rings (SSSR count). The standard InChI is InChI=1S/C62H63N7O7S2/c70-40(14-13-31-63-54(72)23-3-1-9-32-66-34-27-42-57-46(66)17-11-19-48(57)75-50-29-36-68-44-15-5-7-21-52(44)77-61(68)59(42)50)38-65-56(74)26-25-41(71)39-64-55(73)24-4-2-10-33-67-35-28-43-58-47(67)18-12-20-49(58)76-51-30-37-69-45-16-6-8-22-53(45)78-62(69)60(43)51/h5-8,11-12,15-22,27-28,34-35,50-51H,1-4,9-10,13-14,23-26,29-33,36-39H2,(H-2,63,64,65,72,73,74)/p+2. The highest BCUT2D eigenvalue weighted by atomic mass is 32.2. The van der Waals surface area contributed by atoms with Crippen molar-refractivity contribution >= 4 is 97.1 Å². The number of anilines is 2. The first-order valence-corrected chi connectivity index (χ1v) is 29.5. The van der Waals surface area contributed by atoms with Gasteiger partial charge < -0.3 is 35.2 Å². The molecular formula is C62H65N7O7S2+2. The molecule has 2 aromatic heterocycles. The number of ether oxygens (including phenoxy) is 2. The van der Waals surface area contributed by atoms with E-state index in [1.54, 1.807) is 0 Å². The van der Waals surface area contributed by atoms with Gasteiger partial charge in [0, 0.05) is 134 Å². The van der Waals surface area contributed by atoms with Gasteiger partial charge in [-0.1, -0.05) is 59.9 Å². The van der Waals surface area contributed by atoms with Crippen molar-refractivity contribution in [3.8, 4) is 11.5 Å². The SMILES string of the molecule is O=C(CCC(=O)NCC(=O)CCCNC(=O)CCCCC[n+]1ccc2c3c(cccc31)OC1CCN3C(=C21)Sc1ccccc13)CNC(=O)CCCCC[n+]1ccc2c3c(cccc31)OC1CCN3C(=C21)Sc1ccccc13. The van der Waals surface area contributed by atoms with E-state index < -0.39 is 5.91 Å². The third-order valence-electron chi connectivity index (χ3n) is 15.8. The first-order valence-electron chi connectivity index (χ1n) is 27.9. The van der Waals surface area contributed by atoms with Crippen LogP contribution in [0.15, 0.2) is 129 Å². The number of aryl methyl sites for hydroxylation is 2. The van der Waals surface area contributed by atoms with Crippen LogP contribution < -0.4 is 44.4 Å². The average Bonchev–Trinajstić information content (AvgIpc) is 4.19. The zero-order chi connectivity index (χ0) is 53.1. The van der Waals surface area contributed by atoms with Crippen molar-refractivity contribution in [2.24, 2.45) is 0 Å². The molecule has 6 aromatic rings. The largest absolute Gasteiger partial charge is 0.485 e. The molecule has 0 spiro atoms. The van der Waals surface area contributed by atoms with Crippen molar-refractivity contribution < 1.29 is 42.6 Å². The van der Waals surface area contributed by atoms with Gasteiger partial charge in [0.2, 0.25) is 28.8 Å². The van der Waals surface area contributed by atoms with Gasteiger partial charge in [-0.3, -0.25) is 24.0 Å². The van der Waals surface area contributed by atoms with E-state index in [9.17, 15) is 24.0 Å². The Morgan fingerprint density at radius 1 is 0.500 bits per heavy atom. The molecule has 78 heavy (non-hydrogen) atoms. The summed E-state index contributed by atoms with van der Waals surface area (Å²) >= 11 is 3.68. The maximum absolute atomic E-state index is 12.6. The van der Waals surface area contributed by atoms with Crippen molar-refractivity contribution in [1.82, 2.24) is 16.0 Å². The molecule has 6 aliphatic rings. The molecular weight excluding hydrogens is 1020 g/mol. The predicted octanol–water partition coefficient (Wildman–Crippen LogP) is 9.33. The van der Waals surface area contributed by atoms with Gasteiger partial charge in [0.15, 0.2) is 24.0 Å². The second kappa shape index (κ2) is 23.0. The maximum Gasteiger partial charge on any atom is 0.220 e. The quantitative estimate of drug-likeness (QED) is 0.0416. The Bertz CT molecular complexity index is 3450. The van der Waals surface area contributed by atoms with E-state index in [1.807, 2.05) is 23.5 Å². The molecule has 6 aliphatic heterocycles. The van der Waals surface area contributed by atoms with Gasteiger partial charge in [-0.2, -0.15) is 9.13 Å². The van der Waals surface area contributed by atoms with Crippen molar-refractivity contribution in [3.63, 3.8) is 0 Å². The molecule has 0 aliphatic carbocycles. The molecule has 16 heteroatoms. The number of benzene rings is 4. The number of carbonyl (C=O) groups excluding carboxylic acids is 5. The first-order chi connectivity index (χ1) is 38.3. The first kappa shape index (κ1) is 51.6. The van der Waals surface area contributed by atoms with Gasteiger partial charge in [0.1, 0.15) is 36.8 Å². The minimum absolute atomic E-state index is 0.0273. The molecule has 8 heterocycles. The molecule has 14 nitrogen and oxygen atoms in total. The number of rotatable bonds is 23. The number of carbonyl (C=O) groups is 5. The molecule has 2 unspecified atom stereocenters.